The number of hydrogen-bond donors (Lipinski definition) is 0. The SMILES string of the molecule is CC[P+](CC)(CC)C1CCCCC1.[OH-]. The summed E-state index contributed by atoms with van der Waals surface area (Å²) in [7, 11) is -0.514. The van der Waals surface area contributed by atoms with Gasteiger partial charge in [0, 0.05) is 7.26 Å². The van der Waals surface area contributed by atoms with Gasteiger partial charge in [-0.25, -0.2) is 0 Å². The highest BCUT2D eigenvalue weighted by molar-refractivity contribution is 7.76. The van der Waals surface area contributed by atoms with Crippen LogP contribution in [-0.2, 0) is 0 Å². The first-order valence-electron chi connectivity index (χ1n) is 6.14. The van der Waals surface area contributed by atoms with Crippen LogP contribution in [0.1, 0.15) is 52.9 Å². The maximum absolute atomic E-state index is 2.44. The first-order valence-corrected chi connectivity index (χ1v) is 8.56. The molecule has 1 N–H and O–H groups in total. The largest absolute Gasteiger partial charge is 0.870 e. The fourth-order valence-corrected chi connectivity index (χ4v) is 7.43. The molecular weight excluding hydrogens is 191 g/mol. The van der Waals surface area contributed by atoms with Gasteiger partial charge in [0.25, 0.3) is 0 Å². The molecule has 1 rings (SSSR count). The van der Waals surface area contributed by atoms with Crippen molar-refractivity contribution in [2.24, 2.45) is 0 Å². The van der Waals surface area contributed by atoms with Crippen LogP contribution >= 0.6 is 7.26 Å². The van der Waals surface area contributed by atoms with Gasteiger partial charge in [0.15, 0.2) is 0 Å². The molecule has 0 bridgehead atoms. The summed E-state index contributed by atoms with van der Waals surface area (Å²) in [4.78, 5) is 0. The van der Waals surface area contributed by atoms with Crippen molar-refractivity contribution in [3.63, 3.8) is 0 Å². The number of rotatable bonds is 4. The Labute approximate surface area is 90.3 Å². The van der Waals surface area contributed by atoms with E-state index in [2.05, 4.69) is 20.8 Å². The first kappa shape index (κ1) is 14.4. The van der Waals surface area contributed by atoms with E-state index in [0.29, 0.717) is 0 Å². The molecule has 1 nitrogen and oxygen atoms in total. The summed E-state index contributed by atoms with van der Waals surface area (Å²) in [5.41, 5.74) is 1.15. The van der Waals surface area contributed by atoms with Gasteiger partial charge < -0.3 is 5.48 Å². The Morgan fingerprint density at radius 3 is 1.64 bits per heavy atom. The Bertz CT molecular complexity index is 129. The lowest BCUT2D eigenvalue weighted by molar-refractivity contribution is 0.507. The molecule has 0 radical (unpaired) electrons. The van der Waals surface area contributed by atoms with Gasteiger partial charge in [0.05, 0.1) is 24.1 Å². The van der Waals surface area contributed by atoms with E-state index < -0.39 is 7.26 Å². The second kappa shape index (κ2) is 6.80. The van der Waals surface area contributed by atoms with Crippen LogP contribution in [0, 0.1) is 0 Å². The maximum atomic E-state index is 2.44. The minimum absolute atomic E-state index is 0. The Morgan fingerprint density at radius 1 is 0.857 bits per heavy atom. The van der Waals surface area contributed by atoms with E-state index in [4.69, 9.17) is 0 Å². The number of hydrogen-bond acceptors (Lipinski definition) is 1. The van der Waals surface area contributed by atoms with E-state index in [-0.39, 0.29) is 5.48 Å². The van der Waals surface area contributed by atoms with Crippen LogP contribution in [0.2, 0.25) is 0 Å². The third kappa shape index (κ3) is 2.94. The van der Waals surface area contributed by atoms with E-state index in [1.807, 2.05) is 0 Å². The molecule has 86 valence electrons. The zero-order chi connectivity index (χ0) is 9.73. The van der Waals surface area contributed by atoms with Crippen LogP contribution in [0.25, 0.3) is 0 Å². The van der Waals surface area contributed by atoms with Gasteiger partial charge >= 0.3 is 0 Å². The van der Waals surface area contributed by atoms with E-state index in [9.17, 15) is 0 Å². The van der Waals surface area contributed by atoms with Crippen LogP contribution in [0.15, 0.2) is 0 Å². The smallest absolute Gasteiger partial charge is 0.0697 e. The van der Waals surface area contributed by atoms with Crippen LogP contribution in [0.5, 0.6) is 0 Å². The summed E-state index contributed by atoms with van der Waals surface area (Å²) in [5, 5.41) is 0. The highest BCUT2D eigenvalue weighted by Gasteiger charge is 2.40. The molecule has 1 fully saturated rings. The minimum atomic E-state index is -0.514. The minimum Gasteiger partial charge on any atom is -0.870 e. The Morgan fingerprint density at radius 2 is 1.29 bits per heavy atom. The molecular formula is C12H27OP. The Balaban J connectivity index is 0.00000169. The molecule has 1 aliphatic rings. The third-order valence-electron chi connectivity index (χ3n) is 4.24. The lowest BCUT2D eigenvalue weighted by atomic mass is 10.0. The van der Waals surface area contributed by atoms with Crippen molar-refractivity contribution in [2.45, 2.75) is 58.5 Å². The fraction of sp³-hybridized carbons (Fsp3) is 1.00. The molecule has 0 aromatic heterocycles. The molecule has 0 spiro atoms. The second-order valence-electron chi connectivity index (χ2n) is 4.46. The van der Waals surface area contributed by atoms with Crippen molar-refractivity contribution in [3.8, 4) is 0 Å². The first-order chi connectivity index (χ1) is 6.29. The van der Waals surface area contributed by atoms with Gasteiger partial charge in [-0.1, -0.05) is 6.42 Å². The second-order valence-corrected chi connectivity index (χ2v) is 9.52. The van der Waals surface area contributed by atoms with Crippen LogP contribution in [-0.4, -0.2) is 29.6 Å². The third-order valence-corrected chi connectivity index (χ3v) is 10.1. The summed E-state index contributed by atoms with van der Waals surface area (Å²) < 4.78 is 0. The predicted molar refractivity (Wildman–Crippen MR) is 67.4 cm³/mol. The maximum Gasteiger partial charge on any atom is 0.0697 e. The zero-order valence-corrected chi connectivity index (χ0v) is 11.0. The molecule has 0 aromatic carbocycles. The van der Waals surface area contributed by atoms with Gasteiger partial charge in [0.1, 0.15) is 0 Å². The van der Waals surface area contributed by atoms with Crippen molar-refractivity contribution in [2.75, 3.05) is 18.5 Å². The van der Waals surface area contributed by atoms with Crippen LogP contribution in [0.3, 0.4) is 0 Å². The summed E-state index contributed by atoms with van der Waals surface area (Å²) in [6.45, 7) is 7.32. The van der Waals surface area contributed by atoms with Crippen molar-refractivity contribution >= 4 is 7.26 Å². The fourth-order valence-electron chi connectivity index (χ4n) is 3.07. The zero-order valence-electron chi connectivity index (χ0n) is 10.1. The van der Waals surface area contributed by atoms with Gasteiger partial charge in [-0.3, -0.25) is 0 Å². The van der Waals surface area contributed by atoms with Crippen molar-refractivity contribution in [1.82, 2.24) is 0 Å². The molecule has 2 heteroatoms. The van der Waals surface area contributed by atoms with Gasteiger partial charge in [0.2, 0.25) is 0 Å². The average molecular weight is 218 g/mol. The molecule has 0 amide bonds. The summed E-state index contributed by atoms with van der Waals surface area (Å²) >= 11 is 0. The van der Waals surface area contributed by atoms with Crippen molar-refractivity contribution in [1.29, 1.82) is 0 Å². The molecule has 1 saturated carbocycles. The summed E-state index contributed by atoms with van der Waals surface area (Å²) in [6, 6.07) is 0. The molecule has 0 atom stereocenters. The van der Waals surface area contributed by atoms with E-state index >= 15 is 0 Å². The van der Waals surface area contributed by atoms with Crippen molar-refractivity contribution in [3.05, 3.63) is 0 Å². The Hall–Kier alpha value is 0.390. The predicted octanol–water partition coefficient (Wildman–Crippen LogP) is 4.22. The highest BCUT2D eigenvalue weighted by atomic mass is 31.2. The molecule has 14 heavy (non-hydrogen) atoms. The van der Waals surface area contributed by atoms with E-state index in [0.717, 1.165) is 5.66 Å². The average Bonchev–Trinajstić information content (AvgIpc) is 2.23. The highest BCUT2D eigenvalue weighted by Crippen LogP contribution is 2.65. The molecule has 0 aliphatic heterocycles. The standard InChI is InChI=1S/C12H26P.H2O/c1-4-13(5-2,6-3)12-10-8-7-9-11-12;/h12H,4-11H2,1-3H3;1H2/q+1;/p-1. The van der Waals surface area contributed by atoms with Crippen LogP contribution < -0.4 is 0 Å². The van der Waals surface area contributed by atoms with Gasteiger partial charge in [-0.2, -0.15) is 0 Å². The molecule has 1 aliphatic carbocycles. The Kier molecular flexibility index (Phi) is 6.99. The molecule has 0 saturated heterocycles. The van der Waals surface area contributed by atoms with Gasteiger partial charge in [-0.15, -0.1) is 0 Å². The van der Waals surface area contributed by atoms with E-state index in [1.165, 1.54) is 37.7 Å². The quantitative estimate of drug-likeness (QED) is 0.650. The summed E-state index contributed by atoms with van der Waals surface area (Å²) in [5.74, 6) is 0. The lowest BCUT2D eigenvalue weighted by Gasteiger charge is -2.35. The summed E-state index contributed by atoms with van der Waals surface area (Å²) in [6.07, 6.45) is 12.2. The molecule has 0 unspecified atom stereocenters. The lowest BCUT2D eigenvalue weighted by Crippen LogP contribution is -2.22. The normalized spacial score (nSPS) is 19.1. The molecule has 0 heterocycles. The monoisotopic (exact) mass is 218 g/mol. The van der Waals surface area contributed by atoms with Crippen LogP contribution in [0.4, 0.5) is 0 Å². The topological polar surface area (TPSA) is 30.0 Å². The van der Waals surface area contributed by atoms with Gasteiger partial charge in [-0.05, 0) is 46.5 Å². The van der Waals surface area contributed by atoms with E-state index in [1.54, 1.807) is 12.8 Å². The molecule has 0 aromatic rings. The van der Waals surface area contributed by atoms with Crippen molar-refractivity contribution < 1.29 is 5.48 Å².